The predicted molar refractivity (Wildman–Crippen MR) is 72.9 cm³/mol. The van der Waals surface area contributed by atoms with Crippen molar-refractivity contribution in [3.8, 4) is 6.07 Å². The summed E-state index contributed by atoms with van der Waals surface area (Å²) in [4.78, 5) is 13.3. The highest BCUT2D eigenvalue weighted by Gasteiger charge is 2.37. The maximum Gasteiger partial charge on any atom is 0.308 e. The van der Waals surface area contributed by atoms with Gasteiger partial charge in [-0.15, -0.1) is 0 Å². The molecule has 0 bridgehead atoms. The molecule has 1 aliphatic rings. The van der Waals surface area contributed by atoms with E-state index in [1.165, 1.54) is 0 Å². The van der Waals surface area contributed by atoms with Crippen molar-refractivity contribution in [2.24, 2.45) is 5.92 Å². The minimum Gasteiger partial charge on any atom is -0.481 e. The molecule has 1 aromatic carbocycles. The third-order valence-corrected chi connectivity index (χ3v) is 3.87. The second-order valence-corrected chi connectivity index (χ2v) is 5.66. The van der Waals surface area contributed by atoms with E-state index in [0.29, 0.717) is 18.5 Å². The molecule has 100 valence electrons. The first-order valence-corrected chi connectivity index (χ1v) is 6.44. The Labute approximate surface area is 113 Å². The van der Waals surface area contributed by atoms with Crippen LogP contribution >= 0.6 is 0 Å². The highest BCUT2D eigenvalue weighted by molar-refractivity contribution is 5.71. The first-order valence-electron chi connectivity index (χ1n) is 6.44. The van der Waals surface area contributed by atoms with Crippen LogP contribution in [-0.4, -0.2) is 23.2 Å². The van der Waals surface area contributed by atoms with Gasteiger partial charge in [0.25, 0.3) is 0 Å². The minimum absolute atomic E-state index is 0.0833. The van der Waals surface area contributed by atoms with Crippen LogP contribution < -0.4 is 4.90 Å². The third kappa shape index (κ3) is 2.70. The van der Waals surface area contributed by atoms with E-state index < -0.39 is 5.97 Å². The lowest BCUT2D eigenvalue weighted by Gasteiger charge is -2.46. The van der Waals surface area contributed by atoms with E-state index in [1.54, 1.807) is 6.07 Å². The number of carboxylic acids is 1. The van der Waals surface area contributed by atoms with Crippen LogP contribution in [0.15, 0.2) is 24.3 Å². The fraction of sp³-hybridized carbons (Fsp3) is 0.467. The van der Waals surface area contributed by atoms with E-state index in [-0.39, 0.29) is 11.5 Å². The number of carbonyl (C=O) groups is 1. The molecule has 0 aromatic heterocycles. The number of hydrogen-bond donors (Lipinski definition) is 1. The van der Waals surface area contributed by atoms with Gasteiger partial charge >= 0.3 is 5.97 Å². The Morgan fingerprint density at radius 1 is 1.53 bits per heavy atom. The van der Waals surface area contributed by atoms with Crippen molar-refractivity contribution in [1.82, 2.24) is 0 Å². The van der Waals surface area contributed by atoms with Gasteiger partial charge in [0.05, 0.1) is 17.6 Å². The summed E-state index contributed by atoms with van der Waals surface area (Å²) in [5.41, 5.74) is 1.45. The number of benzene rings is 1. The summed E-state index contributed by atoms with van der Waals surface area (Å²) in [5, 5.41) is 18.2. The van der Waals surface area contributed by atoms with E-state index in [2.05, 4.69) is 24.8 Å². The quantitative estimate of drug-likeness (QED) is 0.885. The molecule has 0 saturated carbocycles. The van der Waals surface area contributed by atoms with Gasteiger partial charge in [-0.1, -0.05) is 6.07 Å². The summed E-state index contributed by atoms with van der Waals surface area (Å²) in [6, 6.07) is 9.49. The van der Waals surface area contributed by atoms with Crippen LogP contribution in [0, 0.1) is 17.2 Å². The van der Waals surface area contributed by atoms with Crippen LogP contribution in [0.25, 0.3) is 0 Å². The number of carboxylic acid groups (broad SMARTS) is 1. The molecule has 4 heteroatoms. The molecule has 1 atom stereocenters. The van der Waals surface area contributed by atoms with E-state index in [9.17, 15) is 9.90 Å². The minimum atomic E-state index is -0.739. The summed E-state index contributed by atoms with van der Waals surface area (Å²) < 4.78 is 0. The van der Waals surface area contributed by atoms with Gasteiger partial charge < -0.3 is 10.0 Å². The van der Waals surface area contributed by atoms with Crippen LogP contribution in [-0.2, 0) is 4.79 Å². The van der Waals surface area contributed by atoms with Gasteiger partial charge in [0, 0.05) is 17.8 Å². The van der Waals surface area contributed by atoms with Gasteiger partial charge in [-0.2, -0.15) is 5.26 Å². The van der Waals surface area contributed by atoms with Crippen LogP contribution in [0.3, 0.4) is 0 Å². The Kier molecular flexibility index (Phi) is 3.48. The van der Waals surface area contributed by atoms with E-state index in [4.69, 9.17) is 5.26 Å². The van der Waals surface area contributed by atoms with Gasteiger partial charge in [-0.3, -0.25) is 4.79 Å². The van der Waals surface area contributed by atoms with E-state index >= 15 is 0 Å². The molecule has 19 heavy (non-hydrogen) atoms. The Hall–Kier alpha value is -2.02. The van der Waals surface area contributed by atoms with Gasteiger partial charge in [0.15, 0.2) is 0 Å². The summed E-state index contributed by atoms with van der Waals surface area (Å²) in [7, 11) is 0. The molecule has 1 aromatic rings. The molecule has 0 spiro atoms. The molecule has 0 aliphatic carbocycles. The molecule has 1 fully saturated rings. The molecule has 1 N–H and O–H groups in total. The lowest BCUT2D eigenvalue weighted by Crippen LogP contribution is -2.52. The van der Waals surface area contributed by atoms with Gasteiger partial charge in [-0.05, 0) is 44.9 Å². The Balaban J connectivity index is 2.33. The molecule has 1 aliphatic heterocycles. The zero-order chi connectivity index (χ0) is 14.0. The standard InChI is InChI=1S/C15H18N2O2/c1-15(2)7-6-12(14(18)19)10-17(15)13-5-3-4-11(8-13)9-16/h3-5,8,12H,6-7,10H2,1-2H3,(H,18,19). The van der Waals surface area contributed by atoms with Crippen LogP contribution in [0.5, 0.6) is 0 Å². The maximum atomic E-state index is 11.2. The molecule has 1 unspecified atom stereocenters. The zero-order valence-electron chi connectivity index (χ0n) is 11.3. The van der Waals surface area contributed by atoms with Gasteiger partial charge in [-0.25, -0.2) is 0 Å². The average Bonchev–Trinajstić information content (AvgIpc) is 2.38. The largest absolute Gasteiger partial charge is 0.481 e. The Morgan fingerprint density at radius 2 is 2.26 bits per heavy atom. The fourth-order valence-electron chi connectivity index (χ4n) is 2.62. The first kappa shape index (κ1) is 13.4. The zero-order valence-corrected chi connectivity index (χ0v) is 11.3. The number of nitriles is 1. The monoisotopic (exact) mass is 258 g/mol. The molecule has 1 saturated heterocycles. The molecule has 2 rings (SSSR count). The summed E-state index contributed by atoms with van der Waals surface area (Å²) >= 11 is 0. The smallest absolute Gasteiger partial charge is 0.308 e. The Morgan fingerprint density at radius 3 is 2.89 bits per heavy atom. The normalized spacial score (nSPS) is 21.7. The molecule has 0 amide bonds. The van der Waals surface area contributed by atoms with E-state index in [1.807, 2.05) is 18.2 Å². The number of hydrogen-bond acceptors (Lipinski definition) is 3. The van der Waals surface area contributed by atoms with Crippen LogP contribution in [0.4, 0.5) is 5.69 Å². The van der Waals surface area contributed by atoms with E-state index in [0.717, 1.165) is 12.1 Å². The van der Waals surface area contributed by atoms with Crippen molar-refractivity contribution < 1.29 is 9.90 Å². The van der Waals surface area contributed by atoms with Crippen molar-refractivity contribution in [2.45, 2.75) is 32.2 Å². The molecule has 4 nitrogen and oxygen atoms in total. The number of piperidine rings is 1. The Bertz CT molecular complexity index is 531. The second kappa shape index (κ2) is 4.93. The number of rotatable bonds is 2. The summed E-state index contributed by atoms with van der Waals surface area (Å²) in [6.45, 7) is 4.73. The summed E-state index contributed by atoms with van der Waals surface area (Å²) in [5.74, 6) is -1.07. The number of nitrogens with zero attached hydrogens (tertiary/aromatic N) is 2. The third-order valence-electron chi connectivity index (χ3n) is 3.87. The SMILES string of the molecule is CC1(C)CCC(C(=O)O)CN1c1cccc(C#N)c1. The molecule has 0 radical (unpaired) electrons. The molecular weight excluding hydrogens is 240 g/mol. The van der Waals surface area contributed by atoms with Crippen molar-refractivity contribution >= 4 is 11.7 Å². The van der Waals surface area contributed by atoms with Crippen LogP contribution in [0.2, 0.25) is 0 Å². The van der Waals surface area contributed by atoms with Crippen molar-refractivity contribution in [2.75, 3.05) is 11.4 Å². The maximum absolute atomic E-state index is 11.2. The lowest BCUT2D eigenvalue weighted by molar-refractivity contribution is -0.142. The van der Waals surface area contributed by atoms with Crippen molar-refractivity contribution in [3.63, 3.8) is 0 Å². The topological polar surface area (TPSA) is 64.3 Å². The van der Waals surface area contributed by atoms with Crippen molar-refractivity contribution in [3.05, 3.63) is 29.8 Å². The highest BCUT2D eigenvalue weighted by atomic mass is 16.4. The van der Waals surface area contributed by atoms with Crippen molar-refractivity contribution in [1.29, 1.82) is 5.26 Å². The van der Waals surface area contributed by atoms with Crippen LogP contribution in [0.1, 0.15) is 32.3 Å². The number of anilines is 1. The summed E-state index contributed by atoms with van der Waals surface area (Å²) in [6.07, 6.45) is 1.54. The predicted octanol–water partition coefficient (Wildman–Crippen LogP) is 2.64. The average molecular weight is 258 g/mol. The highest BCUT2D eigenvalue weighted by Crippen LogP contribution is 2.35. The second-order valence-electron chi connectivity index (χ2n) is 5.66. The molecular formula is C15H18N2O2. The molecule has 1 heterocycles. The first-order chi connectivity index (χ1) is 8.94. The van der Waals surface area contributed by atoms with Gasteiger partial charge in [0.2, 0.25) is 0 Å². The lowest BCUT2D eigenvalue weighted by atomic mass is 9.84. The van der Waals surface area contributed by atoms with Gasteiger partial charge in [0.1, 0.15) is 0 Å². The fourth-order valence-corrected chi connectivity index (χ4v) is 2.62. The number of aliphatic carboxylic acids is 1.